The van der Waals surface area contributed by atoms with Crippen LogP contribution in [0.15, 0.2) is 30.5 Å². The van der Waals surface area contributed by atoms with Gasteiger partial charge in [0.05, 0.1) is 31.9 Å². The second kappa shape index (κ2) is 10.6. The molecule has 1 aliphatic rings. The van der Waals surface area contributed by atoms with Crippen LogP contribution in [0.25, 0.3) is 0 Å². The molecule has 0 N–H and O–H groups in total. The van der Waals surface area contributed by atoms with Crippen molar-refractivity contribution in [1.82, 2.24) is 9.88 Å². The predicted molar refractivity (Wildman–Crippen MR) is 114 cm³/mol. The third-order valence-corrected chi connectivity index (χ3v) is 4.94. The Labute approximate surface area is 190 Å². The molecule has 1 fully saturated rings. The molecule has 1 aromatic carbocycles. The van der Waals surface area contributed by atoms with Gasteiger partial charge in [0.25, 0.3) is 5.91 Å². The van der Waals surface area contributed by atoms with Crippen LogP contribution in [0.5, 0.6) is 23.1 Å². The number of nitrogens with zero attached hydrogens (tertiary/aromatic N) is 2. The fraction of sp³-hybridized carbons (Fsp3) is 0.478. The van der Waals surface area contributed by atoms with Crippen molar-refractivity contribution >= 4 is 5.91 Å². The van der Waals surface area contributed by atoms with Crippen molar-refractivity contribution in [3.63, 3.8) is 0 Å². The first-order chi connectivity index (χ1) is 15.8. The molecule has 7 nitrogen and oxygen atoms in total. The van der Waals surface area contributed by atoms with Crippen molar-refractivity contribution in [2.24, 2.45) is 0 Å². The zero-order valence-corrected chi connectivity index (χ0v) is 18.8. The first kappa shape index (κ1) is 24.5. The van der Waals surface area contributed by atoms with Crippen molar-refractivity contribution in [1.29, 1.82) is 0 Å². The normalized spacial score (nSPS) is 15.9. The van der Waals surface area contributed by atoms with Crippen molar-refractivity contribution in [3.05, 3.63) is 41.6 Å². The highest BCUT2D eigenvalue weighted by Gasteiger charge is 2.33. The number of carbonyl (C=O) groups is 1. The van der Waals surface area contributed by atoms with Crippen LogP contribution >= 0.6 is 0 Å². The van der Waals surface area contributed by atoms with Gasteiger partial charge < -0.3 is 23.8 Å². The summed E-state index contributed by atoms with van der Waals surface area (Å²) in [6.07, 6.45) is -3.42. The van der Waals surface area contributed by atoms with E-state index >= 15 is 0 Å². The SMILES string of the molecule is CCOc1cc(C(=O)N2CCC(Oc3cc(C(F)(F)F)ccn3)C2)cc(OCC)c1OCC. The lowest BCUT2D eigenvalue weighted by molar-refractivity contribution is -0.137. The summed E-state index contributed by atoms with van der Waals surface area (Å²) in [6, 6.07) is 4.97. The molecule has 3 rings (SSSR count). The van der Waals surface area contributed by atoms with E-state index in [0.717, 1.165) is 18.3 Å². The van der Waals surface area contributed by atoms with Crippen LogP contribution in [-0.2, 0) is 6.18 Å². The van der Waals surface area contributed by atoms with Crippen molar-refractivity contribution in [3.8, 4) is 23.1 Å². The van der Waals surface area contributed by atoms with Crippen LogP contribution in [0, 0.1) is 0 Å². The Kier molecular flexibility index (Phi) is 7.88. The number of pyridine rings is 1. The smallest absolute Gasteiger partial charge is 0.416 e. The lowest BCUT2D eigenvalue weighted by Crippen LogP contribution is -2.31. The molecule has 10 heteroatoms. The van der Waals surface area contributed by atoms with E-state index in [9.17, 15) is 18.0 Å². The Morgan fingerprint density at radius 3 is 2.27 bits per heavy atom. The van der Waals surface area contributed by atoms with Gasteiger partial charge >= 0.3 is 6.18 Å². The van der Waals surface area contributed by atoms with Gasteiger partial charge in [0.1, 0.15) is 6.10 Å². The summed E-state index contributed by atoms with van der Waals surface area (Å²) in [4.78, 5) is 18.6. The zero-order valence-electron chi connectivity index (χ0n) is 18.8. The zero-order chi connectivity index (χ0) is 24.0. The molecule has 0 aliphatic carbocycles. The lowest BCUT2D eigenvalue weighted by atomic mass is 10.1. The maximum Gasteiger partial charge on any atom is 0.416 e. The standard InChI is InChI=1S/C23H27F3N2O5/c1-4-30-18-11-15(12-19(31-5-2)21(18)32-6-3)22(29)28-10-8-17(14-28)33-20-13-16(7-9-27-20)23(24,25)26/h7,9,11-13,17H,4-6,8,10,14H2,1-3H3. The number of ether oxygens (including phenoxy) is 4. The average Bonchev–Trinajstić information content (AvgIpc) is 3.23. The number of alkyl halides is 3. The van der Waals surface area contributed by atoms with Crippen molar-refractivity contribution in [2.45, 2.75) is 39.5 Å². The minimum absolute atomic E-state index is 0.123. The number of amides is 1. The number of halogens is 3. The first-order valence-electron chi connectivity index (χ1n) is 10.8. The number of benzene rings is 1. The van der Waals surface area contributed by atoms with Crippen molar-refractivity contribution in [2.75, 3.05) is 32.9 Å². The molecule has 2 aromatic rings. The summed E-state index contributed by atoms with van der Waals surface area (Å²) in [6.45, 7) is 7.28. The molecule has 1 amide bonds. The second-order valence-corrected chi connectivity index (χ2v) is 7.26. The van der Waals surface area contributed by atoms with Gasteiger partial charge in [0.15, 0.2) is 11.5 Å². The summed E-state index contributed by atoms with van der Waals surface area (Å²) >= 11 is 0. The van der Waals surface area contributed by atoms with Crippen LogP contribution in [0.4, 0.5) is 13.2 Å². The third kappa shape index (κ3) is 6.00. The van der Waals surface area contributed by atoms with Crippen LogP contribution in [0.1, 0.15) is 43.1 Å². The van der Waals surface area contributed by atoms with Gasteiger partial charge in [0.2, 0.25) is 11.6 Å². The third-order valence-electron chi connectivity index (χ3n) is 4.94. The monoisotopic (exact) mass is 468 g/mol. The van der Waals surface area contributed by atoms with E-state index in [-0.39, 0.29) is 18.3 Å². The minimum atomic E-state index is -4.48. The molecule has 0 radical (unpaired) electrons. The quantitative estimate of drug-likeness (QED) is 0.536. The molecule has 33 heavy (non-hydrogen) atoms. The molecule has 180 valence electrons. The summed E-state index contributed by atoms with van der Waals surface area (Å²) in [5, 5.41) is 0. The molecule has 0 saturated carbocycles. The molecule has 1 unspecified atom stereocenters. The number of hydrogen-bond acceptors (Lipinski definition) is 6. The van der Waals surface area contributed by atoms with E-state index in [1.807, 2.05) is 20.8 Å². The highest BCUT2D eigenvalue weighted by atomic mass is 19.4. The van der Waals surface area contributed by atoms with E-state index in [4.69, 9.17) is 18.9 Å². The van der Waals surface area contributed by atoms with Gasteiger partial charge in [-0.05, 0) is 39.0 Å². The Morgan fingerprint density at radius 2 is 1.70 bits per heavy atom. The van der Waals surface area contributed by atoms with E-state index in [1.54, 1.807) is 17.0 Å². The fourth-order valence-electron chi connectivity index (χ4n) is 3.52. The summed E-state index contributed by atoms with van der Waals surface area (Å²) < 4.78 is 61.4. The van der Waals surface area contributed by atoms with Crippen LogP contribution in [0.3, 0.4) is 0 Å². The number of carbonyl (C=O) groups excluding carboxylic acids is 1. The van der Waals surface area contributed by atoms with Gasteiger partial charge in [-0.15, -0.1) is 0 Å². The van der Waals surface area contributed by atoms with Gasteiger partial charge in [-0.2, -0.15) is 13.2 Å². The van der Waals surface area contributed by atoms with Crippen molar-refractivity contribution < 1.29 is 36.9 Å². The highest BCUT2D eigenvalue weighted by Crippen LogP contribution is 2.39. The fourth-order valence-corrected chi connectivity index (χ4v) is 3.52. The molecular formula is C23H27F3N2O5. The maximum atomic E-state index is 13.2. The molecule has 1 aliphatic heterocycles. The maximum absolute atomic E-state index is 13.2. The molecular weight excluding hydrogens is 441 g/mol. The second-order valence-electron chi connectivity index (χ2n) is 7.26. The van der Waals surface area contributed by atoms with Gasteiger partial charge in [0, 0.05) is 30.8 Å². The van der Waals surface area contributed by atoms with E-state index in [2.05, 4.69) is 4.98 Å². The molecule has 1 saturated heterocycles. The van der Waals surface area contributed by atoms with Gasteiger partial charge in [-0.3, -0.25) is 4.79 Å². The average molecular weight is 468 g/mol. The molecule has 1 aromatic heterocycles. The van der Waals surface area contributed by atoms with E-state index in [0.29, 0.717) is 55.6 Å². The van der Waals surface area contributed by atoms with Crippen LogP contribution < -0.4 is 18.9 Å². The summed E-state index contributed by atoms with van der Waals surface area (Å²) in [5.41, 5.74) is -0.470. The Bertz CT molecular complexity index is 940. The number of aromatic nitrogens is 1. The summed E-state index contributed by atoms with van der Waals surface area (Å²) in [5.74, 6) is 0.879. The summed E-state index contributed by atoms with van der Waals surface area (Å²) in [7, 11) is 0. The van der Waals surface area contributed by atoms with Crippen LogP contribution in [-0.4, -0.2) is 54.8 Å². The Hall–Kier alpha value is -3.17. The molecule has 2 heterocycles. The number of rotatable bonds is 9. The van der Waals surface area contributed by atoms with Gasteiger partial charge in [-0.1, -0.05) is 0 Å². The molecule has 0 bridgehead atoms. The van der Waals surface area contributed by atoms with E-state index in [1.165, 1.54) is 0 Å². The number of hydrogen-bond donors (Lipinski definition) is 0. The predicted octanol–water partition coefficient (Wildman–Crippen LogP) is 4.59. The largest absolute Gasteiger partial charge is 0.490 e. The molecule has 1 atom stereocenters. The van der Waals surface area contributed by atoms with E-state index < -0.39 is 17.8 Å². The number of likely N-dealkylation sites (tertiary alicyclic amines) is 1. The minimum Gasteiger partial charge on any atom is -0.490 e. The lowest BCUT2D eigenvalue weighted by Gasteiger charge is -2.20. The Morgan fingerprint density at radius 1 is 1.06 bits per heavy atom. The first-order valence-corrected chi connectivity index (χ1v) is 10.8. The molecule has 0 spiro atoms. The Balaban J connectivity index is 1.75. The highest BCUT2D eigenvalue weighted by molar-refractivity contribution is 5.96. The van der Waals surface area contributed by atoms with Crippen LogP contribution in [0.2, 0.25) is 0 Å². The topological polar surface area (TPSA) is 70.1 Å². The van der Waals surface area contributed by atoms with Gasteiger partial charge in [-0.25, -0.2) is 4.98 Å².